The number of carboxylic acids is 1. The minimum Gasteiger partial charge on any atom is -0.480 e. The van der Waals surface area contributed by atoms with Crippen LogP contribution in [0.15, 0.2) is 12.7 Å². The van der Waals surface area contributed by atoms with E-state index in [1.165, 1.54) is 17.2 Å². The Bertz CT molecular complexity index is 1140. The number of hydrogen-bond donors (Lipinski definition) is 6. The van der Waals surface area contributed by atoms with Crippen molar-refractivity contribution in [2.75, 3.05) is 18.9 Å². The van der Waals surface area contributed by atoms with E-state index in [4.69, 9.17) is 24.7 Å². The van der Waals surface area contributed by atoms with Crippen LogP contribution in [0.4, 0.5) is 5.82 Å². The van der Waals surface area contributed by atoms with Crippen LogP contribution in [0.25, 0.3) is 11.2 Å². The van der Waals surface area contributed by atoms with Crippen molar-refractivity contribution in [2.24, 2.45) is 0 Å². The van der Waals surface area contributed by atoms with E-state index in [-0.39, 0.29) is 12.2 Å². The summed E-state index contributed by atoms with van der Waals surface area (Å²) in [7, 11) is -9.80. The summed E-state index contributed by atoms with van der Waals surface area (Å²) < 4.78 is 57.6. The molecule has 7 N–H and O–H groups in total. The SMILES string of the molecule is Nc1ncnc2c1ncn2[C@H]1C[C@H](O)[C@@H](COP(=O)(O)N[C@@H](COS(=O)(=O)O)C(=O)O)O1. The normalized spacial score (nSPS) is 24.4. The highest BCUT2D eigenvalue weighted by Gasteiger charge is 2.38. The van der Waals surface area contributed by atoms with Gasteiger partial charge in [-0.3, -0.25) is 18.4 Å². The lowest BCUT2D eigenvalue weighted by atomic mass is 10.2. The average Bonchev–Trinajstić information content (AvgIpc) is 3.27. The van der Waals surface area contributed by atoms with Gasteiger partial charge in [0.25, 0.3) is 0 Å². The van der Waals surface area contributed by atoms with Gasteiger partial charge in [0.05, 0.1) is 25.6 Å². The minimum absolute atomic E-state index is 0.0481. The zero-order valence-corrected chi connectivity index (χ0v) is 17.7. The molecule has 3 rings (SSSR count). The van der Waals surface area contributed by atoms with Crippen LogP contribution in [-0.2, 0) is 33.2 Å². The number of nitrogen functional groups attached to an aromatic ring is 1. The van der Waals surface area contributed by atoms with Crippen molar-refractivity contribution in [3.63, 3.8) is 0 Å². The summed E-state index contributed by atoms with van der Waals surface area (Å²) in [4.78, 5) is 32.9. The molecule has 19 heteroatoms. The van der Waals surface area contributed by atoms with Gasteiger partial charge in [-0.1, -0.05) is 0 Å². The second kappa shape index (κ2) is 9.30. The lowest BCUT2D eigenvalue weighted by molar-refractivity contribution is -0.139. The Morgan fingerprint density at radius 2 is 2.16 bits per heavy atom. The summed E-state index contributed by atoms with van der Waals surface area (Å²) in [5, 5.41) is 20.9. The molecule has 1 aliphatic rings. The number of nitrogens with one attached hydrogen (secondary N) is 1. The van der Waals surface area contributed by atoms with Crippen LogP contribution in [-0.4, -0.2) is 85.0 Å². The molecule has 1 unspecified atom stereocenters. The van der Waals surface area contributed by atoms with Gasteiger partial charge in [0.1, 0.15) is 30.2 Å². The van der Waals surface area contributed by atoms with Crippen molar-refractivity contribution in [3.05, 3.63) is 12.7 Å². The molecule has 1 fully saturated rings. The number of aliphatic hydroxyl groups is 1. The summed E-state index contributed by atoms with van der Waals surface area (Å²) in [6.45, 7) is -1.82. The van der Waals surface area contributed by atoms with Gasteiger partial charge in [0.2, 0.25) is 0 Å². The monoisotopic (exact) mass is 498 g/mol. The quantitative estimate of drug-likeness (QED) is 0.153. The number of imidazole rings is 1. The first kappa shape index (κ1) is 24.4. The van der Waals surface area contributed by atoms with E-state index in [9.17, 15) is 27.8 Å². The second-order valence-electron chi connectivity index (χ2n) is 6.56. The number of fused-ring (bicyclic) bond motifs is 1. The van der Waals surface area contributed by atoms with Crippen molar-refractivity contribution >= 4 is 41.1 Å². The number of carbonyl (C=O) groups is 1. The first-order valence-corrected chi connectivity index (χ1v) is 11.7. The maximum Gasteiger partial charge on any atom is 0.403 e. The van der Waals surface area contributed by atoms with Crippen molar-refractivity contribution in [1.29, 1.82) is 0 Å². The summed E-state index contributed by atoms with van der Waals surface area (Å²) in [5.41, 5.74) is 6.39. The molecule has 2 aromatic rings. The van der Waals surface area contributed by atoms with Gasteiger partial charge in [-0.25, -0.2) is 28.8 Å². The Morgan fingerprint density at radius 1 is 1.44 bits per heavy atom. The fourth-order valence-corrected chi connectivity index (χ4v) is 4.15. The molecule has 178 valence electrons. The Morgan fingerprint density at radius 3 is 2.81 bits per heavy atom. The fourth-order valence-electron chi connectivity index (χ4n) is 2.84. The smallest absolute Gasteiger partial charge is 0.403 e. The average molecular weight is 498 g/mol. The van der Waals surface area contributed by atoms with Gasteiger partial charge in [0.15, 0.2) is 11.5 Å². The number of nitrogens with two attached hydrogens (primary N) is 1. The predicted octanol–water partition coefficient (Wildman–Crippen LogP) is -1.96. The Labute approximate surface area is 179 Å². The molecule has 1 aliphatic heterocycles. The largest absolute Gasteiger partial charge is 0.480 e. The number of aliphatic hydroxyl groups excluding tert-OH is 1. The maximum absolute atomic E-state index is 12.1. The number of rotatable bonds is 10. The zero-order valence-electron chi connectivity index (χ0n) is 16.0. The van der Waals surface area contributed by atoms with E-state index in [2.05, 4.69) is 19.1 Å². The van der Waals surface area contributed by atoms with Crippen molar-refractivity contribution in [1.82, 2.24) is 24.6 Å². The van der Waals surface area contributed by atoms with E-state index >= 15 is 0 Å². The summed E-state index contributed by atoms with van der Waals surface area (Å²) in [6, 6.07) is -2.02. The number of aromatic nitrogens is 4. The molecule has 0 aliphatic carbocycles. The summed E-state index contributed by atoms with van der Waals surface area (Å²) >= 11 is 0. The van der Waals surface area contributed by atoms with Gasteiger partial charge in [-0.05, 0) is 0 Å². The van der Waals surface area contributed by atoms with Crippen molar-refractivity contribution < 1.29 is 50.9 Å². The standard InChI is InChI=1S/C13H19N6O11PS/c14-11-10-12(16-4-15-11)19(5-17-10)9-1-7(20)8(30-9)3-28-31(23,24)18-6(13(21)22)2-29-32(25,26)27/h4-9,20H,1-3H2,(H,21,22)(H2,14,15,16)(H2,18,23,24)(H,25,26,27)/t6-,7-,8+,9+/m0/s1. The molecular formula is C13H19N6O11PS. The minimum atomic E-state index is -4.98. The lowest BCUT2D eigenvalue weighted by Crippen LogP contribution is -2.40. The topological polar surface area (TPSA) is 259 Å². The Balaban J connectivity index is 1.61. The molecular weight excluding hydrogens is 479 g/mol. The Hall–Kier alpha value is -2.28. The van der Waals surface area contributed by atoms with Crippen LogP contribution in [0.1, 0.15) is 12.6 Å². The van der Waals surface area contributed by atoms with E-state index in [0.717, 1.165) is 0 Å². The molecule has 0 aromatic carbocycles. The number of anilines is 1. The molecule has 2 aromatic heterocycles. The molecule has 0 spiro atoms. The van der Waals surface area contributed by atoms with Crippen LogP contribution < -0.4 is 10.8 Å². The predicted molar refractivity (Wildman–Crippen MR) is 102 cm³/mol. The van der Waals surface area contributed by atoms with E-state index in [0.29, 0.717) is 11.2 Å². The van der Waals surface area contributed by atoms with Crippen LogP contribution in [0.2, 0.25) is 0 Å². The van der Waals surface area contributed by atoms with Crippen LogP contribution in [0.3, 0.4) is 0 Å². The first-order valence-electron chi connectivity index (χ1n) is 8.72. The second-order valence-corrected chi connectivity index (χ2v) is 9.21. The van der Waals surface area contributed by atoms with E-state index < -0.39 is 61.8 Å². The molecule has 3 heterocycles. The molecule has 1 saturated heterocycles. The first-order chi connectivity index (χ1) is 14.9. The van der Waals surface area contributed by atoms with Crippen LogP contribution >= 0.6 is 7.75 Å². The third-order valence-corrected chi connectivity index (χ3v) is 5.89. The van der Waals surface area contributed by atoms with Gasteiger partial charge >= 0.3 is 24.1 Å². The molecule has 0 radical (unpaired) electrons. The number of ether oxygens (including phenoxy) is 1. The number of carboxylic acid groups (broad SMARTS) is 1. The highest BCUT2D eigenvalue weighted by atomic mass is 32.3. The molecule has 5 atom stereocenters. The molecule has 0 saturated carbocycles. The number of nitrogens with zero attached hydrogens (tertiary/aromatic N) is 4. The van der Waals surface area contributed by atoms with Gasteiger partial charge in [0, 0.05) is 6.42 Å². The third kappa shape index (κ3) is 5.94. The summed E-state index contributed by atoms with van der Waals surface area (Å²) in [6.07, 6.45) is -0.335. The molecule has 0 amide bonds. The van der Waals surface area contributed by atoms with Crippen molar-refractivity contribution in [3.8, 4) is 0 Å². The van der Waals surface area contributed by atoms with Crippen molar-refractivity contribution in [2.45, 2.75) is 30.9 Å². The van der Waals surface area contributed by atoms with E-state index in [1.54, 1.807) is 5.09 Å². The van der Waals surface area contributed by atoms with Gasteiger partial charge < -0.3 is 25.6 Å². The number of aliphatic carboxylic acids is 1. The highest BCUT2D eigenvalue weighted by Crippen LogP contribution is 2.40. The van der Waals surface area contributed by atoms with E-state index in [1.807, 2.05) is 0 Å². The molecule has 17 nitrogen and oxygen atoms in total. The third-order valence-electron chi connectivity index (χ3n) is 4.32. The van der Waals surface area contributed by atoms with Crippen LogP contribution in [0.5, 0.6) is 0 Å². The van der Waals surface area contributed by atoms with Crippen LogP contribution in [0, 0.1) is 0 Å². The van der Waals surface area contributed by atoms with Gasteiger partial charge in [-0.2, -0.15) is 8.42 Å². The zero-order chi connectivity index (χ0) is 23.7. The number of hydrogen-bond acceptors (Lipinski definition) is 12. The summed E-state index contributed by atoms with van der Waals surface area (Å²) in [5.74, 6) is -1.61. The molecule has 0 bridgehead atoms. The highest BCUT2D eigenvalue weighted by molar-refractivity contribution is 7.80. The molecule has 32 heavy (non-hydrogen) atoms. The lowest BCUT2D eigenvalue weighted by Gasteiger charge is -2.21. The fraction of sp³-hybridized carbons (Fsp3) is 0.538. The maximum atomic E-state index is 12.1. The van der Waals surface area contributed by atoms with Gasteiger partial charge in [-0.15, -0.1) is 0 Å². The Kier molecular flexibility index (Phi) is 7.08.